The predicted molar refractivity (Wildman–Crippen MR) is 184 cm³/mol. The van der Waals surface area contributed by atoms with Crippen LogP contribution in [0.5, 0.6) is 11.5 Å². The van der Waals surface area contributed by atoms with Crippen LogP contribution in [0.3, 0.4) is 0 Å². The summed E-state index contributed by atoms with van der Waals surface area (Å²) < 4.78 is 134. The summed E-state index contributed by atoms with van der Waals surface area (Å²) in [7, 11) is -18.4. The number of phenolic OH excluding ortho intramolecular Hbond substituents is 1. The number of hydrogen-bond donors (Lipinski definition) is 5. The molecule has 4 rings (SSSR count). The van der Waals surface area contributed by atoms with E-state index in [0.717, 1.165) is 37.4 Å². The number of ether oxygens (including phenoxy) is 1. The number of amides is 1. The van der Waals surface area contributed by atoms with Gasteiger partial charge < -0.3 is 15.2 Å². The molecule has 25 heteroatoms. The molecule has 0 aliphatic heterocycles. The van der Waals surface area contributed by atoms with E-state index in [1.807, 2.05) is 0 Å². The van der Waals surface area contributed by atoms with Gasteiger partial charge in [0, 0.05) is 99.6 Å². The van der Waals surface area contributed by atoms with Gasteiger partial charge in [0.1, 0.15) is 21.2 Å². The van der Waals surface area contributed by atoms with E-state index in [0.29, 0.717) is 6.07 Å². The van der Waals surface area contributed by atoms with Crippen LogP contribution in [0.2, 0.25) is 0 Å². The molecule has 51 heavy (non-hydrogen) atoms. The van der Waals surface area contributed by atoms with Crippen LogP contribution in [0.25, 0.3) is 10.8 Å². The largest absolute Gasteiger partial charge is 0.505 e. The molecular weight excluding hydrogens is 792 g/mol. The fraction of sp³-hybridized carbons (Fsp3) is 0.115. The molecular formula is C26H23N3Na3O15S4. The maximum absolute atomic E-state index is 12.9. The Kier molecular flexibility index (Phi) is 17.4. The third-order valence-corrected chi connectivity index (χ3v) is 10.2. The maximum Gasteiger partial charge on any atom is 0.397 e. The van der Waals surface area contributed by atoms with E-state index in [1.54, 1.807) is 6.07 Å². The third kappa shape index (κ3) is 12.2. The molecule has 18 nitrogen and oxygen atoms in total. The zero-order valence-electron chi connectivity index (χ0n) is 27.1. The van der Waals surface area contributed by atoms with E-state index >= 15 is 0 Å². The molecule has 4 aromatic rings. The summed E-state index contributed by atoms with van der Waals surface area (Å²) in [4.78, 5) is 10.5. The van der Waals surface area contributed by atoms with E-state index < -0.39 is 101 Å². The number of anilines is 1. The Morgan fingerprint density at radius 2 is 1.41 bits per heavy atom. The summed E-state index contributed by atoms with van der Waals surface area (Å²) in [6.45, 7) is -0.971. The molecule has 0 aromatic heterocycles. The van der Waals surface area contributed by atoms with Gasteiger partial charge in [-0.3, -0.25) is 18.5 Å². The molecule has 0 heterocycles. The number of aromatic hydroxyl groups is 1. The fourth-order valence-corrected chi connectivity index (χ4v) is 7.10. The van der Waals surface area contributed by atoms with Crippen molar-refractivity contribution in [1.82, 2.24) is 0 Å². The topological polar surface area (TPSA) is 290 Å². The maximum atomic E-state index is 12.9. The van der Waals surface area contributed by atoms with E-state index in [1.165, 1.54) is 24.3 Å². The molecule has 0 saturated heterocycles. The summed E-state index contributed by atoms with van der Waals surface area (Å²) in [6, 6.07) is 12.9. The average Bonchev–Trinajstić information content (AvgIpc) is 2.98. The number of methoxy groups -OCH3 is 1. The van der Waals surface area contributed by atoms with Crippen molar-refractivity contribution in [1.29, 1.82) is 0 Å². The van der Waals surface area contributed by atoms with Gasteiger partial charge in [-0.05, 0) is 53.9 Å². The third-order valence-electron chi connectivity index (χ3n) is 6.32. The number of nitrogens with zero attached hydrogens (tertiary/aromatic N) is 2. The Hall–Kier alpha value is -1.55. The number of phenols is 1. The van der Waals surface area contributed by atoms with Crippen molar-refractivity contribution in [2.45, 2.75) is 14.7 Å². The second kappa shape index (κ2) is 18.7. The molecule has 0 spiro atoms. The average molecular weight is 815 g/mol. The van der Waals surface area contributed by atoms with E-state index in [9.17, 15) is 52.7 Å². The van der Waals surface area contributed by atoms with Crippen LogP contribution >= 0.6 is 0 Å². The van der Waals surface area contributed by atoms with Crippen molar-refractivity contribution >= 4 is 163 Å². The molecule has 4 aromatic carbocycles. The molecule has 1 amide bonds. The number of benzene rings is 4. The molecule has 5 N–H and O–H groups in total. The Morgan fingerprint density at radius 3 is 1.96 bits per heavy atom. The van der Waals surface area contributed by atoms with Gasteiger partial charge in [0.15, 0.2) is 15.6 Å². The van der Waals surface area contributed by atoms with Crippen molar-refractivity contribution in [3.8, 4) is 11.5 Å². The van der Waals surface area contributed by atoms with Gasteiger partial charge >= 0.3 is 10.4 Å². The molecule has 0 bridgehead atoms. The zero-order chi connectivity index (χ0) is 35.7. The summed E-state index contributed by atoms with van der Waals surface area (Å²) >= 11 is 0. The molecule has 0 unspecified atom stereocenters. The number of carbonyl (C=O) groups excluding carboxylic acids is 1. The standard InChI is InChI=1S/C26H23N3O15S4.3Na/c1-43-20-8-7-17(13-21(20)45(32,33)10-9-44-48(40,41)42)28-29-24-22(47(37,38)39)12-16-11-18(46(34,35)36)14-19(23(16)25(24)30)27-26(31)15-5-3-2-4-6-15;;;/h2-8,11-14,30H,9-10H2,1H3,(H,27,31)(H,34,35,36)(H,37,38,39)(H,40,41,42);;;. The Balaban J connectivity index is 0.00000433. The summed E-state index contributed by atoms with van der Waals surface area (Å²) in [5.74, 6) is -3.04. The first-order valence-corrected chi connectivity index (χ1v) is 18.7. The second-order valence-electron chi connectivity index (χ2n) is 9.51. The quantitative estimate of drug-likeness (QED) is 0.0778. The first kappa shape index (κ1) is 47.5. The van der Waals surface area contributed by atoms with E-state index in [4.69, 9.17) is 9.29 Å². The van der Waals surface area contributed by atoms with Crippen LogP contribution in [-0.2, 0) is 44.7 Å². The number of fused-ring (bicyclic) bond motifs is 1. The van der Waals surface area contributed by atoms with Crippen molar-refractivity contribution in [3.63, 3.8) is 0 Å². The summed E-state index contributed by atoms with van der Waals surface area (Å²) in [5, 5.41) is 20.3. The van der Waals surface area contributed by atoms with Gasteiger partial charge in [-0.2, -0.15) is 30.4 Å². The number of hydrogen-bond acceptors (Lipinski definition) is 14. The van der Waals surface area contributed by atoms with Crippen molar-refractivity contribution < 1.29 is 66.2 Å². The van der Waals surface area contributed by atoms with Crippen LogP contribution < -0.4 is 10.1 Å². The van der Waals surface area contributed by atoms with Gasteiger partial charge in [0.05, 0.1) is 35.7 Å². The Bertz CT molecular complexity index is 2410. The summed E-state index contributed by atoms with van der Waals surface area (Å²) in [6.07, 6.45) is 0. The van der Waals surface area contributed by atoms with Crippen LogP contribution in [0.1, 0.15) is 10.4 Å². The van der Waals surface area contributed by atoms with Crippen LogP contribution in [-0.4, -0.2) is 166 Å². The minimum absolute atomic E-state index is 0. The monoisotopic (exact) mass is 814 g/mol. The van der Waals surface area contributed by atoms with Gasteiger partial charge in [-0.25, -0.2) is 12.6 Å². The van der Waals surface area contributed by atoms with E-state index in [-0.39, 0.29) is 106 Å². The number of carbonyl (C=O) groups is 1. The minimum Gasteiger partial charge on any atom is -0.505 e. The predicted octanol–water partition coefficient (Wildman–Crippen LogP) is 2.17. The van der Waals surface area contributed by atoms with Crippen LogP contribution in [0.4, 0.5) is 17.1 Å². The van der Waals surface area contributed by atoms with E-state index in [2.05, 4.69) is 19.7 Å². The minimum atomic E-state index is -5.26. The molecule has 0 aliphatic rings. The first-order chi connectivity index (χ1) is 22.2. The van der Waals surface area contributed by atoms with Gasteiger partial charge in [-0.1, -0.05) is 18.2 Å². The Labute approximate surface area is 358 Å². The zero-order valence-corrected chi connectivity index (χ0v) is 36.3. The smallest absolute Gasteiger partial charge is 0.397 e. The number of azo groups is 1. The van der Waals surface area contributed by atoms with Crippen LogP contribution in [0.15, 0.2) is 91.6 Å². The van der Waals surface area contributed by atoms with Crippen molar-refractivity contribution in [2.75, 3.05) is 24.8 Å². The van der Waals surface area contributed by atoms with Crippen LogP contribution in [0, 0.1) is 0 Å². The molecule has 0 saturated carbocycles. The summed E-state index contributed by atoms with van der Waals surface area (Å²) in [5.41, 5.74) is -1.58. The molecule has 0 fully saturated rings. The van der Waals surface area contributed by atoms with Crippen molar-refractivity contribution in [2.24, 2.45) is 10.2 Å². The normalized spacial score (nSPS) is 12.0. The van der Waals surface area contributed by atoms with Gasteiger partial charge in [0.25, 0.3) is 26.1 Å². The second-order valence-corrected chi connectivity index (χ2v) is 15.5. The number of sulfone groups is 1. The SMILES string of the molecule is COc1ccc(N=Nc2c(S(=O)(=O)O)cc3cc(S(=O)(=O)O)cc(NC(=O)c4ccccc4)c3c2O)cc1S(=O)(=O)CCOS(=O)(=O)O.[Na].[Na].[Na]. The number of nitrogens with one attached hydrogen (secondary N) is 1. The molecule has 0 aliphatic carbocycles. The Morgan fingerprint density at radius 1 is 0.784 bits per heavy atom. The fourth-order valence-electron chi connectivity index (χ4n) is 4.22. The van der Waals surface area contributed by atoms with Gasteiger partial charge in [-0.15, -0.1) is 5.11 Å². The molecule has 259 valence electrons. The first-order valence-electron chi connectivity index (χ1n) is 12.8. The van der Waals surface area contributed by atoms with Crippen molar-refractivity contribution in [3.05, 3.63) is 72.3 Å². The molecule has 0 atom stereocenters. The molecule has 3 radical (unpaired) electrons. The number of rotatable bonds is 12. The van der Waals surface area contributed by atoms with Gasteiger partial charge in [0.2, 0.25) is 0 Å².